The molecule has 0 unspecified atom stereocenters. The Morgan fingerprint density at radius 2 is 1.26 bits per heavy atom. The molecule has 0 atom stereocenters. The number of benzene rings is 4. The summed E-state index contributed by atoms with van der Waals surface area (Å²) < 4.78 is 0. The molecule has 4 aromatic rings. The molecule has 0 radical (unpaired) electrons. The smallest absolute Gasteiger partial charge is 0.253 e. The first kappa shape index (κ1) is 24.4. The zero-order valence-corrected chi connectivity index (χ0v) is 19.9. The number of nitrogens with two attached hydrogens (primary N) is 1. The van der Waals surface area contributed by atoms with E-state index in [-0.39, 0.29) is 11.8 Å². The molecular formula is C28H28N4O2. The van der Waals surface area contributed by atoms with E-state index >= 15 is 0 Å². The van der Waals surface area contributed by atoms with Crippen molar-refractivity contribution in [1.82, 2.24) is 9.80 Å². The van der Waals surface area contributed by atoms with E-state index in [2.05, 4.69) is 4.85 Å². The lowest BCUT2D eigenvalue weighted by Crippen LogP contribution is -2.21. The van der Waals surface area contributed by atoms with E-state index in [1.54, 1.807) is 50.1 Å². The predicted octanol–water partition coefficient (Wildman–Crippen LogP) is 5.09. The Kier molecular flexibility index (Phi) is 7.62. The molecule has 0 saturated carbocycles. The van der Waals surface area contributed by atoms with Crippen molar-refractivity contribution >= 4 is 39.0 Å². The fourth-order valence-corrected chi connectivity index (χ4v) is 3.68. The highest BCUT2D eigenvalue weighted by atomic mass is 16.2. The third-order valence-corrected chi connectivity index (χ3v) is 5.47. The predicted molar refractivity (Wildman–Crippen MR) is 138 cm³/mol. The van der Waals surface area contributed by atoms with E-state index in [0.29, 0.717) is 23.4 Å². The van der Waals surface area contributed by atoms with Crippen molar-refractivity contribution in [2.75, 3.05) is 28.2 Å². The lowest BCUT2D eigenvalue weighted by molar-refractivity contribution is 0.0820. The third kappa shape index (κ3) is 5.22. The monoisotopic (exact) mass is 452 g/mol. The van der Waals surface area contributed by atoms with Crippen molar-refractivity contribution in [3.05, 3.63) is 101 Å². The molecule has 0 saturated heterocycles. The van der Waals surface area contributed by atoms with E-state index in [0.717, 1.165) is 27.1 Å². The van der Waals surface area contributed by atoms with Crippen LogP contribution in [0.1, 0.15) is 26.3 Å². The highest BCUT2D eigenvalue weighted by Crippen LogP contribution is 2.27. The van der Waals surface area contributed by atoms with Crippen molar-refractivity contribution in [2.45, 2.75) is 6.54 Å². The normalized spacial score (nSPS) is 10.2. The molecule has 0 aliphatic heterocycles. The summed E-state index contributed by atoms with van der Waals surface area (Å²) in [6.45, 7) is 7.59. The molecule has 6 heteroatoms. The molecule has 4 aromatic carbocycles. The topological polar surface area (TPSA) is 71.0 Å². The molecule has 0 fully saturated rings. The summed E-state index contributed by atoms with van der Waals surface area (Å²) in [5.74, 6) is -0.00910. The van der Waals surface area contributed by atoms with Gasteiger partial charge in [-0.25, -0.2) is 4.85 Å². The van der Waals surface area contributed by atoms with Gasteiger partial charge in [0.05, 0.1) is 6.57 Å². The Bertz CT molecular complexity index is 1400. The Hall–Kier alpha value is -4.21. The molecule has 34 heavy (non-hydrogen) atoms. The van der Waals surface area contributed by atoms with Crippen LogP contribution in [0.4, 0.5) is 5.69 Å². The van der Waals surface area contributed by atoms with E-state index in [9.17, 15) is 9.59 Å². The maximum absolute atomic E-state index is 11.8. The largest absolute Gasteiger partial charge is 0.345 e. The van der Waals surface area contributed by atoms with Gasteiger partial charge in [-0.1, -0.05) is 54.6 Å². The van der Waals surface area contributed by atoms with E-state index in [1.807, 2.05) is 60.7 Å². The molecule has 4 rings (SSSR count). The average molecular weight is 453 g/mol. The van der Waals surface area contributed by atoms with Crippen LogP contribution in [0.3, 0.4) is 0 Å². The maximum atomic E-state index is 11.8. The standard InChI is InChI=1S/C14H12N2O.C14H16N2O/c1-15-13-6-4-5-10-9-11(7-8-12(10)13)14(17)16(2)3;1-16(2)14(17)11-6-7-13-10(8-11)4-3-5-12(13)9-15/h4-9H,2-3H3;3-8H,9,15H2,1-2H3. The summed E-state index contributed by atoms with van der Waals surface area (Å²) in [6.07, 6.45) is 0. The van der Waals surface area contributed by atoms with Gasteiger partial charge >= 0.3 is 0 Å². The van der Waals surface area contributed by atoms with E-state index < -0.39 is 0 Å². The van der Waals surface area contributed by atoms with Crippen LogP contribution < -0.4 is 5.73 Å². The number of carbonyl (C=O) groups is 2. The molecular weight excluding hydrogens is 424 g/mol. The summed E-state index contributed by atoms with van der Waals surface area (Å²) in [5.41, 5.74) is 8.76. The van der Waals surface area contributed by atoms with Gasteiger partial charge in [-0.15, -0.1) is 0 Å². The highest BCUT2D eigenvalue weighted by molar-refractivity contribution is 6.02. The number of hydrogen-bond acceptors (Lipinski definition) is 3. The number of rotatable bonds is 3. The molecule has 6 nitrogen and oxygen atoms in total. The van der Waals surface area contributed by atoms with Gasteiger partial charge in [0.1, 0.15) is 0 Å². The second-order valence-electron chi connectivity index (χ2n) is 8.28. The minimum Gasteiger partial charge on any atom is -0.345 e. The zero-order chi connectivity index (χ0) is 24.8. The van der Waals surface area contributed by atoms with Gasteiger partial charge in [0.2, 0.25) is 0 Å². The highest BCUT2D eigenvalue weighted by Gasteiger charge is 2.10. The third-order valence-electron chi connectivity index (χ3n) is 5.47. The minimum absolute atomic E-state index is 0.0186. The van der Waals surface area contributed by atoms with Crippen LogP contribution in [-0.4, -0.2) is 49.8 Å². The molecule has 0 bridgehead atoms. The molecule has 0 aliphatic rings. The molecule has 2 N–H and O–H groups in total. The van der Waals surface area contributed by atoms with Gasteiger partial charge in [0.15, 0.2) is 5.69 Å². The fraction of sp³-hybridized carbons (Fsp3) is 0.179. The lowest BCUT2D eigenvalue weighted by atomic mass is 10.0. The number of carbonyl (C=O) groups excluding carboxylic acids is 2. The Morgan fingerprint density at radius 1 is 0.765 bits per heavy atom. The quantitative estimate of drug-likeness (QED) is 0.440. The molecule has 172 valence electrons. The van der Waals surface area contributed by atoms with Gasteiger partial charge in [-0.2, -0.15) is 0 Å². The van der Waals surface area contributed by atoms with Crippen LogP contribution in [-0.2, 0) is 6.54 Å². The molecule has 0 heterocycles. The molecule has 0 aromatic heterocycles. The van der Waals surface area contributed by atoms with Crippen molar-refractivity contribution < 1.29 is 9.59 Å². The Balaban J connectivity index is 0.000000191. The summed E-state index contributed by atoms with van der Waals surface area (Å²) in [7, 11) is 6.95. The molecule has 0 aliphatic carbocycles. The zero-order valence-electron chi connectivity index (χ0n) is 19.9. The first-order valence-electron chi connectivity index (χ1n) is 10.8. The Morgan fingerprint density at radius 3 is 1.76 bits per heavy atom. The average Bonchev–Trinajstić information content (AvgIpc) is 2.86. The minimum atomic E-state index is -0.0277. The van der Waals surface area contributed by atoms with E-state index in [1.165, 1.54) is 0 Å². The second kappa shape index (κ2) is 10.6. The summed E-state index contributed by atoms with van der Waals surface area (Å²) in [5, 5.41) is 3.98. The van der Waals surface area contributed by atoms with Crippen LogP contribution in [0.15, 0.2) is 72.8 Å². The van der Waals surface area contributed by atoms with Crippen LogP contribution in [0.2, 0.25) is 0 Å². The number of nitrogens with zero attached hydrogens (tertiary/aromatic N) is 3. The van der Waals surface area contributed by atoms with Crippen LogP contribution >= 0.6 is 0 Å². The number of amides is 2. The van der Waals surface area contributed by atoms with Crippen LogP contribution in [0.5, 0.6) is 0 Å². The molecule has 0 spiro atoms. The van der Waals surface area contributed by atoms with Gasteiger partial charge < -0.3 is 15.5 Å². The van der Waals surface area contributed by atoms with Crippen molar-refractivity contribution in [3.8, 4) is 0 Å². The van der Waals surface area contributed by atoms with Gasteiger partial charge in [-0.05, 0) is 45.3 Å². The summed E-state index contributed by atoms with van der Waals surface area (Å²) in [6, 6.07) is 22.7. The van der Waals surface area contributed by atoms with Gasteiger partial charge in [0, 0.05) is 45.9 Å². The van der Waals surface area contributed by atoms with Crippen LogP contribution in [0, 0.1) is 6.57 Å². The summed E-state index contributed by atoms with van der Waals surface area (Å²) >= 11 is 0. The molecule has 2 amide bonds. The fourth-order valence-electron chi connectivity index (χ4n) is 3.68. The summed E-state index contributed by atoms with van der Waals surface area (Å²) in [4.78, 5) is 30.2. The first-order chi connectivity index (χ1) is 16.3. The SMILES string of the molecule is CN(C)C(=O)c1ccc2c(CN)cccc2c1.[C-]#[N+]c1cccc2cc(C(=O)N(C)C)ccc12. The van der Waals surface area contributed by atoms with Crippen molar-refractivity contribution in [1.29, 1.82) is 0 Å². The second-order valence-corrected chi connectivity index (χ2v) is 8.28. The maximum Gasteiger partial charge on any atom is 0.253 e. The number of hydrogen-bond donors (Lipinski definition) is 1. The van der Waals surface area contributed by atoms with E-state index in [4.69, 9.17) is 12.3 Å². The lowest BCUT2D eigenvalue weighted by Gasteiger charge is -2.11. The number of fused-ring (bicyclic) bond motifs is 2. The Labute approximate surface area is 200 Å². The van der Waals surface area contributed by atoms with Crippen LogP contribution in [0.25, 0.3) is 26.4 Å². The van der Waals surface area contributed by atoms with Crippen molar-refractivity contribution in [3.63, 3.8) is 0 Å². The van der Waals surface area contributed by atoms with Crippen molar-refractivity contribution in [2.24, 2.45) is 5.73 Å². The first-order valence-corrected chi connectivity index (χ1v) is 10.8. The van der Waals surface area contributed by atoms with Gasteiger partial charge in [0.25, 0.3) is 11.8 Å². The van der Waals surface area contributed by atoms with Gasteiger partial charge in [-0.3, -0.25) is 9.59 Å².